The summed E-state index contributed by atoms with van der Waals surface area (Å²) in [5.41, 5.74) is 1.98. The summed E-state index contributed by atoms with van der Waals surface area (Å²) in [5, 5.41) is 11.5. The third-order valence-electron chi connectivity index (χ3n) is 7.10. The van der Waals surface area contributed by atoms with Gasteiger partial charge in [-0.3, -0.25) is 9.47 Å². The molecule has 1 saturated heterocycles. The van der Waals surface area contributed by atoms with Crippen molar-refractivity contribution >= 4 is 17.4 Å². The zero-order valence-corrected chi connectivity index (χ0v) is 22.7. The molecular formula is C29H31ClFN5O2. The Balaban J connectivity index is 1.47. The molecule has 0 bridgehead atoms. The fourth-order valence-electron chi connectivity index (χ4n) is 4.89. The molecule has 1 fully saturated rings. The van der Waals surface area contributed by atoms with E-state index in [-0.39, 0.29) is 17.0 Å². The molecule has 0 saturated carbocycles. The van der Waals surface area contributed by atoms with Gasteiger partial charge in [-0.1, -0.05) is 23.7 Å². The summed E-state index contributed by atoms with van der Waals surface area (Å²) in [6, 6.07) is 13.2. The van der Waals surface area contributed by atoms with Gasteiger partial charge in [0, 0.05) is 62.3 Å². The van der Waals surface area contributed by atoms with E-state index >= 15 is 0 Å². The van der Waals surface area contributed by atoms with Crippen LogP contribution in [0.2, 0.25) is 5.02 Å². The van der Waals surface area contributed by atoms with Crippen LogP contribution in [0, 0.1) is 5.82 Å². The fourth-order valence-corrected chi connectivity index (χ4v) is 5.16. The number of piperazine rings is 1. The molecule has 9 heteroatoms. The molecule has 198 valence electrons. The van der Waals surface area contributed by atoms with E-state index in [4.69, 9.17) is 16.6 Å². The average Bonchev–Trinajstić information content (AvgIpc) is 3.22. The molecule has 0 spiro atoms. The van der Waals surface area contributed by atoms with E-state index in [0.717, 1.165) is 32.0 Å². The number of pyridine rings is 1. The lowest BCUT2D eigenvalue weighted by Gasteiger charge is -2.42. The van der Waals surface area contributed by atoms with E-state index in [2.05, 4.69) is 30.6 Å². The van der Waals surface area contributed by atoms with Crippen molar-refractivity contribution in [1.82, 2.24) is 19.0 Å². The number of hydrogen-bond acceptors (Lipinski definition) is 5. The van der Waals surface area contributed by atoms with E-state index in [1.807, 2.05) is 12.1 Å². The minimum atomic E-state index is -0.502. The van der Waals surface area contributed by atoms with E-state index in [1.54, 1.807) is 43.7 Å². The number of aromatic nitrogens is 3. The molecule has 2 aromatic heterocycles. The lowest BCUT2D eigenvalue weighted by molar-refractivity contribution is 0.128. The quantitative estimate of drug-likeness (QED) is 0.383. The second-order valence-corrected chi connectivity index (χ2v) is 11.0. The van der Waals surface area contributed by atoms with Gasteiger partial charge in [-0.25, -0.2) is 14.2 Å². The minimum absolute atomic E-state index is 0.0886. The Bertz CT molecular complexity index is 1550. The number of benzene rings is 2. The molecule has 1 aliphatic heterocycles. The van der Waals surface area contributed by atoms with E-state index in [1.165, 1.54) is 21.3 Å². The number of imidazole rings is 1. The Kier molecular flexibility index (Phi) is 6.79. The van der Waals surface area contributed by atoms with E-state index in [9.17, 15) is 14.3 Å². The lowest BCUT2D eigenvalue weighted by Crippen LogP contribution is -2.53. The number of halogens is 2. The highest BCUT2D eigenvalue weighted by molar-refractivity contribution is 6.32. The number of anilines is 1. The maximum atomic E-state index is 14.9. The molecule has 0 unspecified atom stereocenters. The van der Waals surface area contributed by atoms with Crippen LogP contribution in [0.15, 0.2) is 65.7 Å². The van der Waals surface area contributed by atoms with Gasteiger partial charge in [0.1, 0.15) is 17.4 Å². The van der Waals surface area contributed by atoms with Crippen LogP contribution < -0.4 is 10.6 Å². The third-order valence-corrected chi connectivity index (χ3v) is 7.41. The molecule has 2 aromatic carbocycles. The highest BCUT2D eigenvalue weighted by Crippen LogP contribution is 2.40. The number of aryl methyl sites for hydroxylation is 1. The van der Waals surface area contributed by atoms with Crippen LogP contribution in [-0.2, 0) is 7.05 Å². The second kappa shape index (κ2) is 9.93. The number of hydrogen-bond donors (Lipinski definition) is 1. The highest BCUT2D eigenvalue weighted by Gasteiger charge is 2.26. The van der Waals surface area contributed by atoms with Gasteiger partial charge in [-0.2, -0.15) is 0 Å². The van der Waals surface area contributed by atoms with Crippen LogP contribution in [0.25, 0.3) is 28.1 Å². The van der Waals surface area contributed by atoms with Crippen LogP contribution in [0.4, 0.5) is 10.2 Å². The molecular weight excluding hydrogens is 505 g/mol. The van der Waals surface area contributed by atoms with Gasteiger partial charge in [0.25, 0.3) is 0 Å². The summed E-state index contributed by atoms with van der Waals surface area (Å²) in [6.45, 7) is 10.2. The molecule has 1 N–H and O–H groups in total. The smallest absolute Gasteiger partial charge is 0.332 e. The first kappa shape index (κ1) is 26.0. The predicted molar refractivity (Wildman–Crippen MR) is 150 cm³/mol. The summed E-state index contributed by atoms with van der Waals surface area (Å²) in [6.07, 6.45) is 3.27. The Morgan fingerprint density at radius 2 is 1.68 bits per heavy atom. The number of aromatic hydroxyl groups is 1. The number of nitrogens with zero attached hydrogens (tertiary/aromatic N) is 5. The topological polar surface area (TPSA) is 66.5 Å². The Morgan fingerprint density at radius 1 is 0.974 bits per heavy atom. The summed E-state index contributed by atoms with van der Waals surface area (Å²) < 4.78 is 17.7. The van der Waals surface area contributed by atoms with Gasteiger partial charge >= 0.3 is 5.69 Å². The zero-order valence-electron chi connectivity index (χ0n) is 21.9. The number of rotatable bonds is 4. The zero-order chi connectivity index (χ0) is 27.2. The number of phenolic OH excluding ortho intramolecular Hbond substituents is 1. The van der Waals surface area contributed by atoms with E-state index in [0.29, 0.717) is 33.1 Å². The molecule has 5 rings (SSSR count). The monoisotopic (exact) mass is 535 g/mol. The van der Waals surface area contributed by atoms with Gasteiger partial charge in [-0.15, -0.1) is 0 Å². The van der Waals surface area contributed by atoms with Crippen LogP contribution in [0.3, 0.4) is 0 Å². The maximum absolute atomic E-state index is 14.9. The van der Waals surface area contributed by atoms with Gasteiger partial charge in [-0.05, 0) is 62.7 Å². The largest absolute Gasteiger partial charge is 0.507 e. The molecule has 7 nitrogen and oxygen atoms in total. The van der Waals surface area contributed by atoms with Gasteiger partial charge < -0.3 is 14.6 Å². The molecule has 4 aromatic rings. The molecule has 0 atom stereocenters. The number of phenols is 1. The predicted octanol–water partition coefficient (Wildman–Crippen LogP) is 5.32. The molecule has 1 aliphatic rings. The maximum Gasteiger partial charge on any atom is 0.332 e. The second-order valence-electron chi connectivity index (χ2n) is 10.6. The SMILES string of the molecule is Cn1ccn(-c2ccc(-c3cc(F)cc(-c4cccc(N5CCN(C(C)(C)C)CC5)n4)c3O)cc2Cl)c1=O. The van der Waals surface area contributed by atoms with E-state index < -0.39 is 5.82 Å². The molecule has 38 heavy (non-hydrogen) atoms. The Labute approximate surface area is 226 Å². The van der Waals surface area contributed by atoms with Crippen LogP contribution in [0.5, 0.6) is 5.75 Å². The van der Waals surface area contributed by atoms with Crippen molar-refractivity contribution in [3.05, 3.63) is 82.2 Å². The average molecular weight is 536 g/mol. The van der Waals surface area contributed by atoms with Crippen molar-refractivity contribution < 1.29 is 9.50 Å². The van der Waals surface area contributed by atoms with Crippen LogP contribution in [0.1, 0.15) is 20.8 Å². The van der Waals surface area contributed by atoms with Crippen molar-refractivity contribution in [1.29, 1.82) is 0 Å². The lowest BCUT2D eigenvalue weighted by atomic mass is 9.99. The molecule has 3 heterocycles. The highest BCUT2D eigenvalue weighted by atomic mass is 35.5. The summed E-state index contributed by atoms with van der Waals surface area (Å²) in [7, 11) is 1.66. The first-order chi connectivity index (χ1) is 18.0. The minimum Gasteiger partial charge on any atom is -0.507 e. The van der Waals surface area contributed by atoms with Gasteiger partial charge in [0.2, 0.25) is 0 Å². The van der Waals surface area contributed by atoms with Crippen LogP contribution >= 0.6 is 11.6 Å². The fraction of sp³-hybridized carbons (Fsp3) is 0.310. The van der Waals surface area contributed by atoms with Crippen molar-refractivity contribution in [2.45, 2.75) is 26.3 Å². The summed E-state index contributed by atoms with van der Waals surface area (Å²) in [4.78, 5) is 21.8. The normalized spacial score (nSPS) is 14.7. The first-order valence-corrected chi connectivity index (χ1v) is 12.9. The van der Waals surface area contributed by atoms with Crippen molar-refractivity contribution in [3.8, 4) is 33.8 Å². The summed E-state index contributed by atoms with van der Waals surface area (Å²) in [5.74, 6) is 0.203. The van der Waals surface area contributed by atoms with Crippen molar-refractivity contribution in [3.63, 3.8) is 0 Å². The Hall–Kier alpha value is -3.62. The molecule has 0 amide bonds. The molecule has 0 radical (unpaired) electrons. The van der Waals surface area contributed by atoms with Crippen molar-refractivity contribution in [2.24, 2.45) is 7.05 Å². The first-order valence-electron chi connectivity index (χ1n) is 12.6. The van der Waals surface area contributed by atoms with Crippen LogP contribution in [-0.4, -0.2) is 55.8 Å². The van der Waals surface area contributed by atoms with Gasteiger partial charge in [0.15, 0.2) is 0 Å². The van der Waals surface area contributed by atoms with Crippen molar-refractivity contribution in [2.75, 3.05) is 31.1 Å². The standard InChI is InChI=1S/C29H31ClFN5O2/c1-29(2,3)35-13-11-34(12-14-35)26-7-5-6-24(32-26)22-18-20(31)17-21(27(22)37)19-8-9-25(23(30)16-19)36-15-10-33(4)28(36)38/h5-10,15-18,37H,11-14H2,1-4H3. The summed E-state index contributed by atoms with van der Waals surface area (Å²) >= 11 is 6.52. The Morgan fingerprint density at radius 3 is 2.32 bits per heavy atom. The molecule has 0 aliphatic carbocycles. The third kappa shape index (κ3) is 4.93. The van der Waals surface area contributed by atoms with Gasteiger partial charge in [0.05, 0.1) is 16.4 Å².